The second kappa shape index (κ2) is 5.72. The van der Waals surface area contributed by atoms with Crippen LogP contribution < -0.4 is 4.90 Å². The van der Waals surface area contributed by atoms with E-state index in [9.17, 15) is 9.59 Å². The molecule has 1 aromatic carbocycles. The number of piperidine rings is 1. The fraction of sp³-hybridized carbons (Fsp3) is 0.529. The third kappa shape index (κ3) is 2.39. The quantitative estimate of drug-likeness (QED) is 0.799. The SMILES string of the molecule is CCN1CCCC(N2C(=O)c3ccc(N(C)C)cc3C2=O)C1. The Morgan fingerprint density at radius 3 is 2.59 bits per heavy atom. The monoisotopic (exact) mass is 301 g/mol. The molecule has 0 N–H and O–H groups in total. The lowest BCUT2D eigenvalue weighted by molar-refractivity contribution is 0.0486. The number of nitrogens with zero attached hydrogens (tertiary/aromatic N) is 3. The number of carbonyl (C=O) groups is 2. The van der Waals surface area contributed by atoms with Crippen molar-refractivity contribution in [3.05, 3.63) is 29.3 Å². The number of benzene rings is 1. The number of anilines is 1. The van der Waals surface area contributed by atoms with Crippen LogP contribution in [0.15, 0.2) is 18.2 Å². The molecule has 0 saturated carbocycles. The zero-order valence-electron chi connectivity index (χ0n) is 13.5. The second-order valence-corrected chi connectivity index (χ2v) is 6.29. The minimum Gasteiger partial charge on any atom is -0.378 e. The van der Waals surface area contributed by atoms with Gasteiger partial charge in [-0.1, -0.05) is 6.92 Å². The molecule has 1 aromatic rings. The van der Waals surface area contributed by atoms with E-state index in [0.717, 1.165) is 38.2 Å². The van der Waals surface area contributed by atoms with Crippen molar-refractivity contribution in [2.45, 2.75) is 25.8 Å². The van der Waals surface area contributed by atoms with E-state index in [4.69, 9.17) is 0 Å². The number of rotatable bonds is 3. The normalized spacial score (nSPS) is 22.1. The number of fused-ring (bicyclic) bond motifs is 1. The topological polar surface area (TPSA) is 43.9 Å². The zero-order valence-corrected chi connectivity index (χ0v) is 13.5. The number of likely N-dealkylation sites (tertiary alicyclic amines) is 1. The maximum absolute atomic E-state index is 12.7. The van der Waals surface area contributed by atoms with Gasteiger partial charge in [-0.3, -0.25) is 14.5 Å². The Labute approximate surface area is 131 Å². The standard InChI is InChI=1S/C17H23N3O2/c1-4-19-9-5-6-13(11-19)20-16(21)14-8-7-12(18(2)3)10-15(14)17(20)22/h7-8,10,13H,4-6,9,11H2,1-3H3. The van der Waals surface area contributed by atoms with Crippen LogP contribution in [0, 0.1) is 0 Å². The summed E-state index contributed by atoms with van der Waals surface area (Å²) in [6.45, 7) is 4.93. The van der Waals surface area contributed by atoms with Gasteiger partial charge in [0.15, 0.2) is 0 Å². The molecule has 5 nitrogen and oxygen atoms in total. The maximum Gasteiger partial charge on any atom is 0.261 e. The van der Waals surface area contributed by atoms with E-state index in [-0.39, 0.29) is 17.9 Å². The van der Waals surface area contributed by atoms with Crippen LogP contribution in [-0.4, -0.2) is 61.4 Å². The summed E-state index contributed by atoms with van der Waals surface area (Å²) in [7, 11) is 3.86. The van der Waals surface area contributed by atoms with Crippen molar-refractivity contribution in [1.82, 2.24) is 9.80 Å². The van der Waals surface area contributed by atoms with E-state index < -0.39 is 0 Å². The summed E-state index contributed by atoms with van der Waals surface area (Å²) in [6.07, 6.45) is 1.94. The molecule has 2 aliphatic heterocycles. The van der Waals surface area contributed by atoms with E-state index in [0.29, 0.717) is 11.1 Å². The van der Waals surface area contributed by atoms with Crippen LogP contribution in [-0.2, 0) is 0 Å². The molecule has 2 heterocycles. The molecule has 2 aliphatic rings. The van der Waals surface area contributed by atoms with E-state index >= 15 is 0 Å². The summed E-state index contributed by atoms with van der Waals surface area (Å²) < 4.78 is 0. The third-order valence-electron chi connectivity index (χ3n) is 4.71. The summed E-state index contributed by atoms with van der Waals surface area (Å²) >= 11 is 0. The maximum atomic E-state index is 12.7. The molecule has 1 unspecified atom stereocenters. The van der Waals surface area contributed by atoms with Gasteiger partial charge in [0.2, 0.25) is 0 Å². The minimum absolute atomic E-state index is 0.00362. The summed E-state index contributed by atoms with van der Waals surface area (Å²) in [4.78, 5) is 31.1. The van der Waals surface area contributed by atoms with E-state index in [1.165, 1.54) is 4.90 Å². The number of hydrogen-bond acceptors (Lipinski definition) is 4. The summed E-state index contributed by atoms with van der Waals surface area (Å²) in [5.74, 6) is -0.264. The highest BCUT2D eigenvalue weighted by molar-refractivity contribution is 6.22. The number of hydrogen-bond donors (Lipinski definition) is 0. The van der Waals surface area contributed by atoms with E-state index in [2.05, 4.69) is 11.8 Å². The van der Waals surface area contributed by atoms with Crippen molar-refractivity contribution in [1.29, 1.82) is 0 Å². The molecule has 22 heavy (non-hydrogen) atoms. The molecule has 0 aromatic heterocycles. The third-order valence-corrected chi connectivity index (χ3v) is 4.71. The van der Waals surface area contributed by atoms with Crippen molar-refractivity contribution in [3.63, 3.8) is 0 Å². The first-order valence-corrected chi connectivity index (χ1v) is 7.94. The lowest BCUT2D eigenvalue weighted by Crippen LogP contribution is -2.50. The molecule has 0 radical (unpaired) electrons. The fourth-order valence-electron chi connectivity index (χ4n) is 3.39. The number of carbonyl (C=O) groups excluding carboxylic acids is 2. The largest absolute Gasteiger partial charge is 0.378 e. The van der Waals surface area contributed by atoms with Gasteiger partial charge in [-0.05, 0) is 44.1 Å². The van der Waals surface area contributed by atoms with Gasteiger partial charge in [-0.2, -0.15) is 0 Å². The van der Waals surface area contributed by atoms with Gasteiger partial charge in [0.1, 0.15) is 0 Å². The summed E-state index contributed by atoms with van der Waals surface area (Å²) in [6, 6.07) is 5.51. The Bertz CT molecular complexity index is 612. The van der Waals surface area contributed by atoms with Crippen molar-refractivity contribution in [3.8, 4) is 0 Å². The average Bonchev–Trinajstić information content (AvgIpc) is 2.78. The molecule has 1 fully saturated rings. The summed E-state index contributed by atoms with van der Waals surface area (Å²) in [5.41, 5.74) is 2.04. The Kier molecular flexibility index (Phi) is 3.91. The van der Waals surface area contributed by atoms with E-state index in [1.807, 2.05) is 31.1 Å². The summed E-state index contributed by atoms with van der Waals surface area (Å²) in [5, 5.41) is 0. The van der Waals surface area contributed by atoms with Crippen molar-refractivity contribution in [2.75, 3.05) is 38.6 Å². The molecule has 5 heteroatoms. The zero-order chi connectivity index (χ0) is 15.9. The number of imide groups is 1. The lowest BCUT2D eigenvalue weighted by atomic mass is 10.0. The molecule has 1 atom stereocenters. The number of amides is 2. The molecule has 2 amide bonds. The second-order valence-electron chi connectivity index (χ2n) is 6.29. The van der Waals surface area contributed by atoms with Gasteiger partial charge in [-0.25, -0.2) is 0 Å². The van der Waals surface area contributed by atoms with E-state index in [1.54, 1.807) is 6.07 Å². The molecule has 0 aliphatic carbocycles. The van der Waals surface area contributed by atoms with Crippen LogP contribution in [0.2, 0.25) is 0 Å². The van der Waals surface area contributed by atoms with Crippen molar-refractivity contribution in [2.24, 2.45) is 0 Å². The Balaban J connectivity index is 1.89. The van der Waals surface area contributed by atoms with Crippen LogP contribution in [0.3, 0.4) is 0 Å². The first kappa shape index (κ1) is 15.0. The predicted octanol–water partition coefficient (Wildman–Crippen LogP) is 1.83. The van der Waals surface area contributed by atoms with Crippen LogP contribution in [0.1, 0.15) is 40.5 Å². The molecule has 0 spiro atoms. The smallest absolute Gasteiger partial charge is 0.261 e. The van der Waals surface area contributed by atoms with Crippen LogP contribution in [0.5, 0.6) is 0 Å². The van der Waals surface area contributed by atoms with Gasteiger partial charge in [0, 0.05) is 26.3 Å². The van der Waals surface area contributed by atoms with Crippen LogP contribution >= 0.6 is 0 Å². The van der Waals surface area contributed by atoms with Crippen LogP contribution in [0.25, 0.3) is 0 Å². The molecule has 1 saturated heterocycles. The lowest BCUT2D eigenvalue weighted by Gasteiger charge is -2.36. The minimum atomic E-state index is -0.133. The predicted molar refractivity (Wildman–Crippen MR) is 86.4 cm³/mol. The molecule has 118 valence electrons. The molecule has 3 rings (SSSR count). The Morgan fingerprint density at radius 2 is 1.91 bits per heavy atom. The highest BCUT2D eigenvalue weighted by Crippen LogP contribution is 2.30. The highest BCUT2D eigenvalue weighted by atomic mass is 16.2. The number of likely N-dealkylation sites (N-methyl/N-ethyl adjacent to an activating group) is 1. The van der Waals surface area contributed by atoms with Crippen molar-refractivity contribution >= 4 is 17.5 Å². The first-order chi connectivity index (χ1) is 10.5. The van der Waals surface area contributed by atoms with Gasteiger partial charge in [0.05, 0.1) is 17.2 Å². The molecular formula is C17H23N3O2. The van der Waals surface area contributed by atoms with Crippen molar-refractivity contribution < 1.29 is 9.59 Å². The van der Waals surface area contributed by atoms with Crippen LogP contribution in [0.4, 0.5) is 5.69 Å². The highest BCUT2D eigenvalue weighted by Gasteiger charge is 2.41. The van der Waals surface area contributed by atoms with Gasteiger partial charge in [-0.15, -0.1) is 0 Å². The average molecular weight is 301 g/mol. The Morgan fingerprint density at radius 1 is 1.18 bits per heavy atom. The molecule has 0 bridgehead atoms. The van der Waals surface area contributed by atoms with Gasteiger partial charge >= 0.3 is 0 Å². The fourth-order valence-corrected chi connectivity index (χ4v) is 3.39. The molecular weight excluding hydrogens is 278 g/mol. The Hall–Kier alpha value is -1.88. The van der Waals surface area contributed by atoms with Gasteiger partial charge < -0.3 is 9.80 Å². The van der Waals surface area contributed by atoms with Gasteiger partial charge in [0.25, 0.3) is 11.8 Å². The first-order valence-electron chi connectivity index (χ1n) is 7.94.